The third kappa shape index (κ3) is 7.44. The zero-order valence-electron chi connectivity index (χ0n) is 32.0. The van der Waals surface area contributed by atoms with Gasteiger partial charge in [-0.1, -0.05) is 43.3 Å². The lowest BCUT2D eigenvalue weighted by molar-refractivity contribution is -0.148. The smallest absolute Gasteiger partial charge is 0.340 e. The summed E-state index contributed by atoms with van der Waals surface area (Å²) in [4.78, 5) is 60.2. The molecule has 4 heterocycles. The quantitative estimate of drug-likeness (QED) is 0.193. The summed E-state index contributed by atoms with van der Waals surface area (Å²) in [5, 5.41) is 13.0. The van der Waals surface area contributed by atoms with Crippen molar-refractivity contribution in [1.29, 1.82) is 5.26 Å². The number of likely N-dealkylation sites (tertiary alicyclic amines) is 1. The van der Waals surface area contributed by atoms with E-state index in [1.54, 1.807) is 19.1 Å². The van der Waals surface area contributed by atoms with Crippen LogP contribution in [0.15, 0.2) is 54.6 Å². The highest BCUT2D eigenvalue weighted by Crippen LogP contribution is 2.58. The molecular formula is C42H51FN5O6PS. The molecule has 0 radical (unpaired) electrons. The first-order chi connectivity index (χ1) is 26.9. The first-order valence-corrected chi connectivity index (χ1v) is 22.6. The number of benzene rings is 2. The number of carbonyl (C=O) groups excluding carboxylic acids is 3. The Morgan fingerprint density at radius 2 is 1.88 bits per heavy atom. The lowest BCUT2D eigenvalue weighted by atomic mass is 9.79. The normalized spacial score (nSPS) is 29.9. The van der Waals surface area contributed by atoms with E-state index in [9.17, 15) is 29.1 Å². The fourth-order valence-electron chi connectivity index (χ4n) is 9.76. The molecule has 0 bridgehead atoms. The summed E-state index contributed by atoms with van der Waals surface area (Å²) in [6.45, 7) is 2.36. The molecule has 2 aromatic carbocycles. The Labute approximate surface area is 331 Å². The van der Waals surface area contributed by atoms with E-state index in [0.29, 0.717) is 53.6 Å². The Morgan fingerprint density at radius 1 is 1.11 bits per heavy atom. The summed E-state index contributed by atoms with van der Waals surface area (Å²) in [7, 11) is -2.45. The minimum absolute atomic E-state index is 0.0149. The number of hydrogen-bond donors (Lipinski definition) is 2. The predicted octanol–water partition coefficient (Wildman–Crippen LogP) is 7.27. The Kier molecular flexibility index (Phi) is 10.9. The lowest BCUT2D eigenvalue weighted by Crippen LogP contribution is -2.59. The number of halogens is 1. The van der Waals surface area contributed by atoms with Gasteiger partial charge in [0, 0.05) is 46.7 Å². The van der Waals surface area contributed by atoms with Crippen molar-refractivity contribution in [1.82, 2.24) is 20.0 Å². The van der Waals surface area contributed by atoms with Gasteiger partial charge in [0.1, 0.15) is 12.1 Å². The van der Waals surface area contributed by atoms with Crippen LogP contribution in [0, 0.1) is 17.2 Å². The zero-order chi connectivity index (χ0) is 39.4. The Hall–Kier alpha value is -3.66. The van der Waals surface area contributed by atoms with Crippen LogP contribution < -0.4 is 5.32 Å². The molecule has 8 rings (SSSR count). The highest BCUT2D eigenvalue weighted by atomic mass is 32.1. The standard InChI is InChI=1S/C42H51FN5O6PS/c1-3-17-54-55(52,53)38(43)28-9-14-36-29(20-28)21-37(56-36)39(49)45-34-12-10-31(46(2)33-18-26(19-33)24-44)22-32-11-13-35(48(32)40(34)50)41(51)47-25-30(23-42(47)15-16-42)27-7-5-4-6-8-27/h4-9,14,20-21,26,30-35,38H,3,10-13,15-19,22-23,25H2,1-2H3,(H,45,49)(H,52,53)/t26?,30-,31+,32-,33?,34+,35+,38-/m1/s1. The monoisotopic (exact) mass is 803 g/mol. The summed E-state index contributed by atoms with van der Waals surface area (Å²) >= 11 is 1.20. The number of rotatable bonds is 11. The van der Waals surface area contributed by atoms with Crippen molar-refractivity contribution in [2.45, 2.75) is 125 Å². The van der Waals surface area contributed by atoms with Crippen LogP contribution in [-0.2, 0) is 18.7 Å². The van der Waals surface area contributed by atoms with Gasteiger partial charge in [-0.05, 0) is 112 Å². The van der Waals surface area contributed by atoms with Crippen molar-refractivity contribution >= 4 is 46.7 Å². The van der Waals surface area contributed by atoms with Gasteiger partial charge in [0.2, 0.25) is 17.7 Å². The topological polar surface area (TPSA) is 143 Å². The molecule has 11 nitrogen and oxygen atoms in total. The predicted molar refractivity (Wildman–Crippen MR) is 212 cm³/mol. The van der Waals surface area contributed by atoms with Gasteiger partial charge in [0.05, 0.1) is 17.6 Å². The number of nitriles is 1. The van der Waals surface area contributed by atoms with Gasteiger partial charge in [-0.3, -0.25) is 18.9 Å². The highest BCUT2D eigenvalue weighted by Gasteiger charge is 2.58. The fraction of sp³-hybridized carbons (Fsp3) is 0.571. The summed E-state index contributed by atoms with van der Waals surface area (Å²) in [5.41, 5.74) is 1.07. The largest absolute Gasteiger partial charge is 0.366 e. The first kappa shape index (κ1) is 39.2. The minimum Gasteiger partial charge on any atom is -0.340 e. The van der Waals surface area contributed by atoms with Crippen LogP contribution in [-0.4, -0.2) is 93.3 Å². The second-order valence-electron chi connectivity index (χ2n) is 16.7. The maximum Gasteiger partial charge on any atom is 0.366 e. The molecule has 2 N–H and O–H groups in total. The number of carbonyl (C=O) groups is 3. The fourth-order valence-corrected chi connectivity index (χ4v) is 11.8. The summed E-state index contributed by atoms with van der Waals surface area (Å²) in [6.07, 6.45) is 8.05. The minimum atomic E-state index is -4.55. The summed E-state index contributed by atoms with van der Waals surface area (Å²) in [5.74, 6) is -2.58. The third-order valence-electron chi connectivity index (χ3n) is 13.2. The van der Waals surface area contributed by atoms with Crippen molar-refractivity contribution in [3.05, 3.63) is 70.6 Å². The van der Waals surface area contributed by atoms with Crippen molar-refractivity contribution < 1.29 is 32.8 Å². The van der Waals surface area contributed by atoms with E-state index < -0.39 is 31.5 Å². The molecule has 3 aromatic rings. The van der Waals surface area contributed by atoms with Gasteiger partial charge in [-0.25, -0.2) is 4.39 Å². The Bertz CT molecular complexity index is 2070. The van der Waals surface area contributed by atoms with Crippen LogP contribution in [0.2, 0.25) is 0 Å². The summed E-state index contributed by atoms with van der Waals surface area (Å²) < 4.78 is 33.3. The molecule has 2 aliphatic carbocycles. The SMILES string of the molecule is CCCOP(=O)(O)[C@@H](F)c1ccc2sc(C(=O)N[C@H]3CC[C@H](N(C)C4CC(C#N)C4)C[C@H]4CC[C@@H](C(=O)N5C[C@H](c6ccccc6)CC56CC6)N4C3=O)cc2c1. The molecule has 298 valence electrons. The van der Waals surface area contributed by atoms with Gasteiger partial charge >= 0.3 is 7.60 Å². The number of nitrogens with one attached hydrogen (secondary N) is 1. The zero-order valence-corrected chi connectivity index (χ0v) is 33.7. The van der Waals surface area contributed by atoms with Gasteiger partial charge in [-0.15, -0.1) is 11.3 Å². The molecule has 3 aliphatic heterocycles. The average molecular weight is 804 g/mol. The van der Waals surface area contributed by atoms with Gasteiger partial charge in [0.25, 0.3) is 5.91 Å². The maximum atomic E-state index is 15.2. The molecule has 1 aromatic heterocycles. The number of amides is 3. The lowest BCUT2D eigenvalue weighted by Gasteiger charge is -2.46. The van der Waals surface area contributed by atoms with Crippen LogP contribution in [0.5, 0.6) is 0 Å². The number of fused-ring (bicyclic) bond motifs is 2. The molecule has 5 fully saturated rings. The van der Waals surface area contributed by atoms with Crippen LogP contribution >= 0.6 is 18.9 Å². The van der Waals surface area contributed by atoms with E-state index >= 15 is 4.39 Å². The molecule has 1 unspecified atom stereocenters. The number of alkyl halides is 1. The van der Waals surface area contributed by atoms with E-state index in [4.69, 9.17) is 4.52 Å². The molecule has 5 aliphatic rings. The Morgan fingerprint density at radius 3 is 2.59 bits per heavy atom. The molecule has 14 heteroatoms. The van der Waals surface area contributed by atoms with Crippen molar-refractivity contribution in [2.75, 3.05) is 20.2 Å². The molecule has 3 amide bonds. The van der Waals surface area contributed by atoms with Crippen molar-refractivity contribution in [2.24, 2.45) is 5.92 Å². The van der Waals surface area contributed by atoms with E-state index in [1.165, 1.54) is 29.0 Å². The van der Waals surface area contributed by atoms with Crippen LogP contribution in [0.4, 0.5) is 4.39 Å². The second-order valence-corrected chi connectivity index (χ2v) is 19.7. The average Bonchev–Trinajstić information content (AvgIpc) is 3.47. The van der Waals surface area contributed by atoms with Gasteiger partial charge < -0.3 is 29.4 Å². The number of hydrogen-bond acceptors (Lipinski definition) is 8. The second kappa shape index (κ2) is 15.6. The number of nitrogens with zero attached hydrogens (tertiary/aromatic N) is 4. The molecule has 7 atom stereocenters. The van der Waals surface area contributed by atoms with Crippen LogP contribution in [0.3, 0.4) is 0 Å². The van der Waals surface area contributed by atoms with E-state index in [1.807, 2.05) is 23.1 Å². The van der Waals surface area contributed by atoms with Crippen molar-refractivity contribution in [3.63, 3.8) is 0 Å². The van der Waals surface area contributed by atoms with Gasteiger partial charge in [0.15, 0.2) is 0 Å². The Balaban J connectivity index is 1.04. The molecular weight excluding hydrogens is 753 g/mol. The molecule has 3 saturated heterocycles. The molecule has 1 spiro atoms. The third-order valence-corrected chi connectivity index (χ3v) is 15.7. The van der Waals surface area contributed by atoms with Crippen LogP contribution in [0.1, 0.15) is 110 Å². The van der Waals surface area contributed by atoms with Gasteiger partial charge in [-0.2, -0.15) is 5.26 Å². The van der Waals surface area contributed by atoms with E-state index in [0.717, 1.165) is 38.5 Å². The number of thiophene rings is 1. The van der Waals surface area contributed by atoms with Crippen LogP contribution in [0.25, 0.3) is 10.1 Å². The van der Waals surface area contributed by atoms with E-state index in [-0.39, 0.29) is 59.5 Å². The molecule has 2 saturated carbocycles. The maximum absolute atomic E-state index is 15.2. The van der Waals surface area contributed by atoms with E-state index in [2.05, 4.69) is 40.4 Å². The first-order valence-electron chi connectivity index (χ1n) is 20.2. The summed E-state index contributed by atoms with van der Waals surface area (Å²) in [6, 6.07) is 17.6. The molecule has 56 heavy (non-hydrogen) atoms. The van der Waals surface area contributed by atoms with Crippen molar-refractivity contribution in [3.8, 4) is 6.07 Å². The highest BCUT2D eigenvalue weighted by molar-refractivity contribution is 7.53.